The van der Waals surface area contributed by atoms with Gasteiger partial charge in [0.1, 0.15) is 0 Å². The van der Waals surface area contributed by atoms with E-state index in [0.29, 0.717) is 6.54 Å². The summed E-state index contributed by atoms with van der Waals surface area (Å²) in [6.07, 6.45) is 0. The van der Waals surface area contributed by atoms with Crippen LogP contribution in [0.5, 0.6) is 0 Å². The number of thiophene rings is 1. The van der Waals surface area contributed by atoms with E-state index in [4.69, 9.17) is 0 Å². The molecule has 0 atom stereocenters. The van der Waals surface area contributed by atoms with Crippen LogP contribution in [0.4, 0.5) is 0 Å². The lowest BCUT2D eigenvalue weighted by Crippen LogP contribution is -2.46. The predicted molar refractivity (Wildman–Crippen MR) is 92.8 cm³/mol. The number of piperazine rings is 1. The molecule has 0 spiro atoms. The minimum atomic E-state index is 0.250. The minimum absolute atomic E-state index is 0.250. The van der Waals surface area contributed by atoms with Crippen molar-refractivity contribution in [2.75, 3.05) is 39.8 Å². The maximum absolute atomic E-state index is 12.6. The Morgan fingerprint density at radius 1 is 1.14 bits per heavy atom. The SMILES string of the molecule is Cc1sc(-c2ccccc2)cc1C(=O)CN1CCN(C)CC1. The van der Waals surface area contributed by atoms with Crippen molar-refractivity contribution in [3.8, 4) is 10.4 Å². The van der Waals surface area contributed by atoms with Crippen LogP contribution in [0.3, 0.4) is 0 Å². The van der Waals surface area contributed by atoms with E-state index >= 15 is 0 Å². The molecule has 1 aromatic heterocycles. The van der Waals surface area contributed by atoms with Gasteiger partial charge in [-0.15, -0.1) is 11.3 Å². The Morgan fingerprint density at radius 3 is 2.50 bits per heavy atom. The first-order chi connectivity index (χ1) is 10.6. The minimum Gasteiger partial charge on any atom is -0.304 e. The number of aryl methyl sites for hydroxylation is 1. The molecule has 0 saturated carbocycles. The highest BCUT2D eigenvalue weighted by Gasteiger charge is 2.20. The molecule has 2 aromatic rings. The van der Waals surface area contributed by atoms with E-state index < -0.39 is 0 Å². The number of hydrogen-bond acceptors (Lipinski definition) is 4. The topological polar surface area (TPSA) is 23.6 Å². The molecular formula is C18H22N2OS. The maximum Gasteiger partial charge on any atom is 0.177 e. The molecule has 0 aliphatic carbocycles. The predicted octanol–water partition coefficient (Wildman–Crippen LogP) is 3.15. The Morgan fingerprint density at radius 2 is 1.82 bits per heavy atom. The van der Waals surface area contributed by atoms with Crippen molar-refractivity contribution in [2.24, 2.45) is 0 Å². The third kappa shape index (κ3) is 3.46. The average Bonchev–Trinajstić information content (AvgIpc) is 2.92. The first-order valence-electron chi connectivity index (χ1n) is 7.73. The number of benzene rings is 1. The van der Waals surface area contributed by atoms with Crippen molar-refractivity contribution in [1.82, 2.24) is 9.80 Å². The van der Waals surface area contributed by atoms with Crippen molar-refractivity contribution in [3.63, 3.8) is 0 Å². The van der Waals surface area contributed by atoms with Gasteiger partial charge in [-0.05, 0) is 25.6 Å². The molecular weight excluding hydrogens is 292 g/mol. The molecule has 0 bridgehead atoms. The maximum atomic E-state index is 12.6. The highest BCUT2D eigenvalue weighted by molar-refractivity contribution is 7.15. The number of carbonyl (C=O) groups is 1. The molecule has 0 amide bonds. The zero-order valence-corrected chi connectivity index (χ0v) is 14.0. The second-order valence-electron chi connectivity index (χ2n) is 5.95. The summed E-state index contributed by atoms with van der Waals surface area (Å²) in [6, 6.07) is 12.4. The van der Waals surface area contributed by atoms with Crippen LogP contribution in [0, 0.1) is 6.92 Å². The summed E-state index contributed by atoms with van der Waals surface area (Å²) in [7, 11) is 2.13. The third-order valence-electron chi connectivity index (χ3n) is 4.24. The van der Waals surface area contributed by atoms with Crippen LogP contribution in [-0.2, 0) is 0 Å². The number of nitrogens with zero attached hydrogens (tertiary/aromatic N) is 2. The highest BCUT2D eigenvalue weighted by atomic mass is 32.1. The Labute approximate surface area is 136 Å². The van der Waals surface area contributed by atoms with Crippen molar-refractivity contribution in [1.29, 1.82) is 0 Å². The summed E-state index contributed by atoms with van der Waals surface area (Å²) in [5.41, 5.74) is 2.08. The lowest BCUT2D eigenvalue weighted by molar-refractivity contribution is 0.0876. The molecule has 3 rings (SSSR count). The second-order valence-corrected chi connectivity index (χ2v) is 7.21. The lowest BCUT2D eigenvalue weighted by atomic mass is 10.1. The summed E-state index contributed by atoms with van der Waals surface area (Å²) in [4.78, 5) is 19.5. The average molecular weight is 314 g/mol. The Bertz CT molecular complexity index is 642. The van der Waals surface area contributed by atoms with E-state index in [9.17, 15) is 4.79 Å². The summed E-state index contributed by atoms with van der Waals surface area (Å²) < 4.78 is 0. The number of likely N-dealkylation sites (N-methyl/N-ethyl adjacent to an activating group) is 1. The van der Waals surface area contributed by atoms with Gasteiger partial charge in [-0.1, -0.05) is 30.3 Å². The molecule has 0 unspecified atom stereocenters. The van der Waals surface area contributed by atoms with Gasteiger partial charge in [-0.3, -0.25) is 9.69 Å². The smallest absolute Gasteiger partial charge is 0.177 e. The molecule has 1 fully saturated rings. The molecule has 3 nitrogen and oxygen atoms in total. The molecule has 0 N–H and O–H groups in total. The van der Waals surface area contributed by atoms with Crippen LogP contribution in [0.1, 0.15) is 15.2 Å². The van der Waals surface area contributed by atoms with Crippen LogP contribution in [0.25, 0.3) is 10.4 Å². The fourth-order valence-corrected chi connectivity index (χ4v) is 3.84. The number of ketones is 1. The lowest BCUT2D eigenvalue weighted by Gasteiger charge is -2.31. The number of carbonyl (C=O) groups excluding carboxylic acids is 1. The van der Waals surface area contributed by atoms with Crippen LogP contribution >= 0.6 is 11.3 Å². The van der Waals surface area contributed by atoms with E-state index in [1.165, 1.54) is 10.4 Å². The third-order valence-corrected chi connectivity index (χ3v) is 5.34. The molecule has 1 aliphatic rings. The number of Topliss-reactive ketones (excluding diaryl/α,β-unsaturated/α-hetero) is 1. The Balaban J connectivity index is 1.72. The number of rotatable bonds is 4. The first-order valence-corrected chi connectivity index (χ1v) is 8.55. The van der Waals surface area contributed by atoms with Crippen molar-refractivity contribution in [3.05, 3.63) is 46.8 Å². The summed E-state index contributed by atoms with van der Waals surface area (Å²) in [6.45, 7) is 6.65. The van der Waals surface area contributed by atoms with E-state index in [0.717, 1.165) is 36.6 Å². The van der Waals surface area contributed by atoms with E-state index in [2.05, 4.69) is 35.0 Å². The quantitative estimate of drug-likeness (QED) is 0.810. The summed E-state index contributed by atoms with van der Waals surface area (Å²) in [5.74, 6) is 0.250. The largest absolute Gasteiger partial charge is 0.304 e. The Kier molecular flexibility index (Phi) is 4.71. The van der Waals surface area contributed by atoms with Crippen molar-refractivity contribution in [2.45, 2.75) is 6.92 Å². The van der Waals surface area contributed by atoms with Gasteiger partial charge in [-0.25, -0.2) is 0 Å². The molecule has 1 aliphatic heterocycles. The molecule has 116 valence electrons. The van der Waals surface area contributed by atoms with Gasteiger partial charge in [0.2, 0.25) is 0 Å². The van der Waals surface area contributed by atoms with E-state index in [1.807, 2.05) is 25.1 Å². The van der Waals surface area contributed by atoms with E-state index in [1.54, 1.807) is 11.3 Å². The van der Waals surface area contributed by atoms with Gasteiger partial charge in [0.25, 0.3) is 0 Å². The molecule has 2 heterocycles. The standard InChI is InChI=1S/C18H22N2OS/c1-14-16(12-18(22-14)15-6-4-3-5-7-15)17(21)13-20-10-8-19(2)9-11-20/h3-7,12H,8-11,13H2,1-2H3. The van der Waals surface area contributed by atoms with Crippen LogP contribution in [-0.4, -0.2) is 55.4 Å². The Hall–Kier alpha value is -1.49. The van der Waals surface area contributed by atoms with Crippen LogP contribution in [0.15, 0.2) is 36.4 Å². The zero-order valence-electron chi connectivity index (χ0n) is 13.2. The van der Waals surface area contributed by atoms with Crippen LogP contribution < -0.4 is 0 Å². The molecule has 1 saturated heterocycles. The highest BCUT2D eigenvalue weighted by Crippen LogP contribution is 2.31. The molecule has 1 aromatic carbocycles. The van der Waals surface area contributed by atoms with Crippen molar-refractivity contribution >= 4 is 17.1 Å². The van der Waals surface area contributed by atoms with Gasteiger partial charge >= 0.3 is 0 Å². The summed E-state index contributed by atoms with van der Waals surface area (Å²) >= 11 is 1.71. The van der Waals surface area contributed by atoms with Gasteiger partial charge in [0.15, 0.2) is 5.78 Å². The fourth-order valence-electron chi connectivity index (χ4n) is 2.80. The zero-order chi connectivity index (χ0) is 15.5. The van der Waals surface area contributed by atoms with Gasteiger partial charge in [0.05, 0.1) is 6.54 Å². The normalized spacial score (nSPS) is 16.8. The van der Waals surface area contributed by atoms with Gasteiger partial charge in [-0.2, -0.15) is 0 Å². The van der Waals surface area contributed by atoms with Gasteiger partial charge in [0, 0.05) is 41.5 Å². The summed E-state index contributed by atoms with van der Waals surface area (Å²) in [5, 5.41) is 0. The second kappa shape index (κ2) is 6.73. The monoisotopic (exact) mass is 314 g/mol. The molecule has 0 radical (unpaired) electrons. The molecule has 22 heavy (non-hydrogen) atoms. The molecule has 4 heteroatoms. The number of hydrogen-bond donors (Lipinski definition) is 0. The van der Waals surface area contributed by atoms with Crippen molar-refractivity contribution < 1.29 is 4.79 Å². The first kappa shape index (κ1) is 15.4. The van der Waals surface area contributed by atoms with E-state index in [-0.39, 0.29) is 5.78 Å². The van der Waals surface area contributed by atoms with Gasteiger partial charge < -0.3 is 4.90 Å². The van der Waals surface area contributed by atoms with Crippen LogP contribution in [0.2, 0.25) is 0 Å². The fraction of sp³-hybridized carbons (Fsp3) is 0.389.